The summed E-state index contributed by atoms with van der Waals surface area (Å²) in [5.74, 6) is 1.12. The maximum Gasteiger partial charge on any atom is 0.333 e. The summed E-state index contributed by atoms with van der Waals surface area (Å²) in [6.07, 6.45) is 12.5. The molecule has 3 unspecified atom stereocenters. The molecule has 0 saturated carbocycles. The van der Waals surface area contributed by atoms with Crippen molar-refractivity contribution in [2.45, 2.75) is 72.6 Å². The van der Waals surface area contributed by atoms with Crippen LogP contribution in [0.4, 0.5) is 0 Å². The van der Waals surface area contributed by atoms with Crippen LogP contribution in [0.2, 0.25) is 0 Å². The number of ether oxygens (including phenoxy) is 1. The van der Waals surface area contributed by atoms with Crippen molar-refractivity contribution in [1.29, 1.82) is 0 Å². The number of carbonyl (C=O) groups excluding carboxylic acids is 1. The highest BCUT2D eigenvalue weighted by Gasteiger charge is 2.16. The first kappa shape index (κ1) is 22.7. The van der Waals surface area contributed by atoms with Crippen molar-refractivity contribution in [3.05, 3.63) is 35.5 Å². The van der Waals surface area contributed by atoms with Gasteiger partial charge in [0.25, 0.3) is 0 Å². The third-order valence-corrected chi connectivity index (χ3v) is 5.62. The van der Waals surface area contributed by atoms with Gasteiger partial charge in [0.1, 0.15) is 0 Å². The molecule has 1 aliphatic rings. The van der Waals surface area contributed by atoms with Crippen LogP contribution >= 0.6 is 0 Å². The van der Waals surface area contributed by atoms with Gasteiger partial charge in [-0.2, -0.15) is 0 Å². The van der Waals surface area contributed by atoms with Crippen LogP contribution in [0, 0.1) is 17.8 Å². The summed E-state index contributed by atoms with van der Waals surface area (Å²) in [5, 5.41) is 9.50. The summed E-state index contributed by atoms with van der Waals surface area (Å²) in [6, 6.07) is 0. The van der Waals surface area contributed by atoms with Crippen molar-refractivity contribution >= 4 is 5.97 Å². The Hall–Kier alpha value is -1.35. The molecule has 1 N–H and O–H groups in total. The minimum absolute atomic E-state index is 0.000897. The largest absolute Gasteiger partial charge is 0.462 e. The SMILES string of the molecule is C=C(C)C(=O)OCC(CO)CCC1=CC=C(C(C)CCC(C)CC)CC1. The Labute approximate surface area is 160 Å². The highest BCUT2D eigenvalue weighted by molar-refractivity contribution is 5.86. The summed E-state index contributed by atoms with van der Waals surface area (Å²) in [7, 11) is 0. The Balaban J connectivity index is 2.41. The molecule has 3 nitrogen and oxygen atoms in total. The van der Waals surface area contributed by atoms with Crippen LogP contribution in [0.25, 0.3) is 0 Å². The third kappa shape index (κ3) is 8.35. The molecular weight excluding hydrogens is 324 g/mol. The molecule has 1 rings (SSSR count). The van der Waals surface area contributed by atoms with Crippen molar-refractivity contribution < 1.29 is 14.6 Å². The first-order valence-electron chi connectivity index (χ1n) is 10.2. The van der Waals surface area contributed by atoms with Crippen molar-refractivity contribution in [2.24, 2.45) is 17.8 Å². The Morgan fingerprint density at radius 2 is 1.96 bits per heavy atom. The molecule has 148 valence electrons. The van der Waals surface area contributed by atoms with Crippen molar-refractivity contribution in [2.75, 3.05) is 13.2 Å². The highest BCUT2D eigenvalue weighted by atomic mass is 16.5. The fourth-order valence-electron chi connectivity index (χ4n) is 3.17. The maximum atomic E-state index is 11.5. The smallest absolute Gasteiger partial charge is 0.333 e. The monoisotopic (exact) mass is 362 g/mol. The van der Waals surface area contributed by atoms with Crippen LogP contribution in [-0.4, -0.2) is 24.3 Å². The quantitative estimate of drug-likeness (QED) is 0.363. The van der Waals surface area contributed by atoms with Gasteiger partial charge >= 0.3 is 5.97 Å². The average molecular weight is 363 g/mol. The van der Waals surface area contributed by atoms with Gasteiger partial charge in [-0.1, -0.05) is 63.5 Å². The molecule has 0 aliphatic heterocycles. The molecule has 0 aromatic heterocycles. The van der Waals surface area contributed by atoms with Gasteiger partial charge in [0.2, 0.25) is 0 Å². The Morgan fingerprint density at radius 1 is 1.23 bits per heavy atom. The summed E-state index contributed by atoms with van der Waals surface area (Å²) in [5.41, 5.74) is 3.41. The second-order valence-corrected chi connectivity index (χ2v) is 8.02. The number of aliphatic hydroxyl groups excluding tert-OH is 1. The lowest BCUT2D eigenvalue weighted by atomic mass is 9.84. The second-order valence-electron chi connectivity index (χ2n) is 8.02. The minimum Gasteiger partial charge on any atom is -0.462 e. The molecular formula is C23H38O3. The van der Waals surface area contributed by atoms with E-state index in [9.17, 15) is 9.90 Å². The lowest BCUT2D eigenvalue weighted by Gasteiger charge is -2.22. The molecule has 0 aromatic carbocycles. The topological polar surface area (TPSA) is 46.5 Å². The average Bonchev–Trinajstić information content (AvgIpc) is 2.65. The first-order chi connectivity index (χ1) is 12.4. The Bertz CT molecular complexity index is 516. The fraction of sp³-hybridized carbons (Fsp3) is 0.696. The van der Waals surface area contributed by atoms with Crippen LogP contribution in [0.15, 0.2) is 35.5 Å². The summed E-state index contributed by atoms with van der Waals surface area (Å²) in [6.45, 7) is 12.5. The van der Waals surface area contributed by atoms with Crippen LogP contribution in [0.1, 0.15) is 72.6 Å². The number of aliphatic hydroxyl groups is 1. The van der Waals surface area contributed by atoms with E-state index in [1.807, 2.05) is 0 Å². The molecule has 26 heavy (non-hydrogen) atoms. The number of hydrogen-bond donors (Lipinski definition) is 1. The van der Waals surface area contributed by atoms with E-state index in [-0.39, 0.29) is 25.1 Å². The van der Waals surface area contributed by atoms with Crippen molar-refractivity contribution in [1.82, 2.24) is 0 Å². The van der Waals surface area contributed by atoms with Crippen molar-refractivity contribution in [3.8, 4) is 0 Å². The summed E-state index contributed by atoms with van der Waals surface area (Å²) >= 11 is 0. The molecule has 3 heteroatoms. The van der Waals surface area contributed by atoms with Gasteiger partial charge in [0.15, 0.2) is 0 Å². The molecule has 0 fully saturated rings. The predicted octanol–water partition coefficient (Wildman–Crippen LogP) is 5.60. The minimum atomic E-state index is -0.376. The van der Waals surface area contributed by atoms with E-state index in [1.165, 1.54) is 24.8 Å². The summed E-state index contributed by atoms with van der Waals surface area (Å²) < 4.78 is 5.17. The number of hydrogen-bond acceptors (Lipinski definition) is 3. The van der Waals surface area contributed by atoms with Crippen LogP contribution in [-0.2, 0) is 9.53 Å². The molecule has 0 heterocycles. The van der Waals surface area contributed by atoms with Crippen LogP contribution < -0.4 is 0 Å². The normalized spacial score (nSPS) is 17.7. The standard InChI is InChI=1S/C23H38O3/c1-6-18(4)7-8-19(5)22-13-11-20(12-14-22)9-10-21(15-24)16-26-23(25)17(2)3/h11,13,18-19,21,24H,2,6-10,12,14-16H2,1,3-5H3. The van der Waals surface area contributed by atoms with Gasteiger partial charge in [0.05, 0.1) is 6.61 Å². The van der Waals surface area contributed by atoms with Gasteiger partial charge in [0, 0.05) is 18.1 Å². The van der Waals surface area contributed by atoms with Crippen LogP contribution in [0.5, 0.6) is 0 Å². The van der Waals surface area contributed by atoms with Crippen LogP contribution in [0.3, 0.4) is 0 Å². The van der Waals surface area contributed by atoms with Gasteiger partial charge in [-0.05, 0) is 50.9 Å². The molecule has 3 atom stereocenters. The number of esters is 1. The third-order valence-electron chi connectivity index (χ3n) is 5.62. The molecule has 0 amide bonds. The number of rotatable bonds is 12. The second kappa shape index (κ2) is 12.1. The lowest BCUT2D eigenvalue weighted by molar-refractivity contribution is -0.140. The van der Waals surface area contributed by atoms with E-state index in [0.717, 1.165) is 31.6 Å². The van der Waals surface area contributed by atoms with E-state index < -0.39 is 0 Å². The van der Waals surface area contributed by atoms with Gasteiger partial charge < -0.3 is 9.84 Å². The Kier molecular flexibility index (Phi) is 10.6. The molecule has 0 saturated heterocycles. The predicted molar refractivity (Wildman–Crippen MR) is 109 cm³/mol. The molecule has 0 aromatic rings. The van der Waals surface area contributed by atoms with Gasteiger partial charge in [-0.15, -0.1) is 0 Å². The van der Waals surface area contributed by atoms with E-state index in [0.29, 0.717) is 11.5 Å². The van der Waals surface area contributed by atoms with E-state index in [1.54, 1.807) is 12.5 Å². The molecule has 0 spiro atoms. The first-order valence-corrected chi connectivity index (χ1v) is 10.2. The number of carbonyl (C=O) groups is 1. The highest BCUT2D eigenvalue weighted by Crippen LogP contribution is 2.30. The van der Waals surface area contributed by atoms with E-state index in [4.69, 9.17) is 4.74 Å². The fourth-order valence-corrected chi connectivity index (χ4v) is 3.17. The maximum absolute atomic E-state index is 11.5. The zero-order chi connectivity index (χ0) is 19.5. The zero-order valence-electron chi connectivity index (χ0n) is 17.2. The van der Waals surface area contributed by atoms with Gasteiger partial charge in [-0.25, -0.2) is 4.79 Å². The molecule has 1 aliphatic carbocycles. The van der Waals surface area contributed by atoms with Crippen molar-refractivity contribution in [3.63, 3.8) is 0 Å². The van der Waals surface area contributed by atoms with E-state index in [2.05, 4.69) is 39.5 Å². The zero-order valence-corrected chi connectivity index (χ0v) is 17.2. The van der Waals surface area contributed by atoms with E-state index >= 15 is 0 Å². The lowest BCUT2D eigenvalue weighted by Crippen LogP contribution is -2.18. The Morgan fingerprint density at radius 3 is 2.50 bits per heavy atom. The number of allylic oxidation sites excluding steroid dienone is 4. The summed E-state index contributed by atoms with van der Waals surface area (Å²) in [4.78, 5) is 11.5. The van der Waals surface area contributed by atoms with Gasteiger partial charge in [-0.3, -0.25) is 0 Å². The molecule has 0 bridgehead atoms. The molecule has 0 radical (unpaired) electrons.